The molecule has 1 fully saturated rings. The third kappa shape index (κ3) is 5.37. The van der Waals surface area contributed by atoms with E-state index in [0.717, 1.165) is 19.4 Å². The molecule has 0 saturated carbocycles. The third-order valence-corrected chi connectivity index (χ3v) is 2.04. The Bertz CT molecular complexity index is 175. The Labute approximate surface area is 85.7 Å². The van der Waals surface area contributed by atoms with Crippen LogP contribution in [0.3, 0.4) is 0 Å². The molecule has 3 nitrogen and oxygen atoms in total. The number of hydrogen-bond acceptors (Lipinski definition) is 3. The molecule has 0 bridgehead atoms. The van der Waals surface area contributed by atoms with Crippen LogP contribution in [0.15, 0.2) is 12.2 Å². The Kier molecular flexibility index (Phi) is 4.58. The van der Waals surface area contributed by atoms with E-state index in [0.29, 0.717) is 6.61 Å². The minimum atomic E-state index is -0.753. The van der Waals surface area contributed by atoms with Crippen LogP contribution in [-0.4, -0.2) is 30.2 Å². The molecule has 3 heteroatoms. The Morgan fingerprint density at radius 3 is 2.86 bits per heavy atom. The van der Waals surface area contributed by atoms with E-state index in [1.165, 1.54) is 6.42 Å². The van der Waals surface area contributed by atoms with Crippen molar-refractivity contribution in [3.63, 3.8) is 0 Å². The molecule has 0 amide bonds. The highest BCUT2D eigenvalue weighted by molar-refractivity contribution is 4.95. The molecule has 0 aromatic carbocycles. The zero-order chi connectivity index (χ0) is 10.4. The normalized spacial score (nSPS) is 24.4. The summed E-state index contributed by atoms with van der Waals surface area (Å²) in [5.41, 5.74) is -0.753. The summed E-state index contributed by atoms with van der Waals surface area (Å²) in [6.07, 6.45) is 6.82. The molecule has 14 heavy (non-hydrogen) atoms. The number of hydrogen-bond donors (Lipinski definition) is 1. The molecule has 1 heterocycles. The minimum Gasteiger partial charge on any atom is -0.386 e. The summed E-state index contributed by atoms with van der Waals surface area (Å²) in [5.74, 6) is 0. The summed E-state index contributed by atoms with van der Waals surface area (Å²) >= 11 is 0. The molecule has 0 aromatic rings. The molecular formula is C11H20O3. The second kappa shape index (κ2) is 5.49. The van der Waals surface area contributed by atoms with Crippen molar-refractivity contribution in [3.8, 4) is 0 Å². The van der Waals surface area contributed by atoms with Crippen molar-refractivity contribution in [3.05, 3.63) is 12.2 Å². The number of rotatable bonds is 4. The highest BCUT2D eigenvalue weighted by Crippen LogP contribution is 2.13. The van der Waals surface area contributed by atoms with Crippen LogP contribution in [0.2, 0.25) is 0 Å². The molecule has 1 rings (SSSR count). The van der Waals surface area contributed by atoms with Gasteiger partial charge in [-0.2, -0.15) is 0 Å². The van der Waals surface area contributed by atoms with E-state index in [1.807, 2.05) is 6.08 Å². The fourth-order valence-electron chi connectivity index (χ4n) is 1.34. The van der Waals surface area contributed by atoms with Crippen molar-refractivity contribution in [2.24, 2.45) is 0 Å². The zero-order valence-electron chi connectivity index (χ0n) is 9.03. The molecule has 1 aliphatic rings. The van der Waals surface area contributed by atoms with Gasteiger partial charge in [-0.25, -0.2) is 0 Å². The van der Waals surface area contributed by atoms with Crippen LogP contribution >= 0.6 is 0 Å². The second-order valence-electron chi connectivity index (χ2n) is 4.19. The first-order valence-corrected chi connectivity index (χ1v) is 5.21. The van der Waals surface area contributed by atoms with Gasteiger partial charge in [0.2, 0.25) is 0 Å². The average molecular weight is 200 g/mol. The first-order chi connectivity index (χ1) is 6.58. The Balaban J connectivity index is 2.11. The smallest absolute Gasteiger partial charge is 0.157 e. The predicted octanol–water partition coefficient (Wildman–Crippen LogP) is 1.86. The van der Waals surface area contributed by atoms with Gasteiger partial charge in [-0.1, -0.05) is 12.2 Å². The molecule has 0 aromatic heterocycles. The molecule has 1 N–H and O–H groups in total. The fourth-order valence-corrected chi connectivity index (χ4v) is 1.34. The monoisotopic (exact) mass is 200 g/mol. The van der Waals surface area contributed by atoms with Gasteiger partial charge >= 0.3 is 0 Å². The van der Waals surface area contributed by atoms with E-state index in [4.69, 9.17) is 9.47 Å². The maximum atomic E-state index is 9.38. The van der Waals surface area contributed by atoms with Crippen LogP contribution in [-0.2, 0) is 9.47 Å². The largest absolute Gasteiger partial charge is 0.386 e. The van der Waals surface area contributed by atoms with Gasteiger partial charge in [-0.05, 0) is 33.1 Å². The van der Waals surface area contributed by atoms with Crippen molar-refractivity contribution in [2.75, 3.05) is 13.2 Å². The second-order valence-corrected chi connectivity index (χ2v) is 4.19. The van der Waals surface area contributed by atoms with Crippen LogP contribution in [0.4, 0.5) is 0 Å². The molecule has 0 aliphatic carbocycles. The zero-order valence-corrected chi connectivity index (χ0v) is 9.03. The molecule has 82 valence electrons. The maximum absolute atomic E-state index is 9.38. The number of ether oxygens (including phenoxy) is 2. The Hall–Kier alpha value is -0.380. The van der Waals surface area contributed by atoms with Gasteiger partial charge in [0, 0.05) is 6.61 Å². The first-order valence-electron chi connectivity index (χ1n) is 5.21. The molecule has 1 atom stereocenters. The standard InChI is InChI=1S/C11H20O3/c1-11(2,12)7-5-9-14-10-6-3-4-8-13-10/h5,7,10,12H,3-4,6,8-9H2,1-2H3. The SMILES string of the molecule is CC(C)(O)C=CCOC1CCCCO1. The quantitative estimate of drug-likeness (QED) is 0.704. The van der Waals surface area contributed by atoms with Crippen LogP contribution in [0, 0.1) is 0 Å². The van der Waals surface area contributed by atoms with Crippen molar-refractivity contribution >= 4 is 0 Å². The topological polar surface area (TPSA) is 38.7 Å². The van der Waals surface area contributed by atoms with Crippen molar-refractivity contribution < 1.29 is 14.6 Å². The lowest BCUT2D eigenvalue weighted by Gasteiger charge is -2.22. The van der Waals surface area contributed by atoms with Crippen molar-refractivity contribution in [1.29, 1.82) is 0 Å². The van der Waals surface area contributed by atoms with Gasteiger partial charge in [0.25, 0.3) is 0 Å². The molecule has 0 radical (unpaired) electrons. The lowest BCUT2D eigenvalue weighted by Crippen LogP contribution is -2.22. The van der Waals surface area contributed by atoms with Gasteiger partial charge in [-0.3, -0.25) is 0 Å². The summed E-state index contributed by atoms with van der Waals surface area (Å²) in [5, 5.41) is 9.38. The lowest BCUT2D eigenvalue weighted by atomic mass is 10.1. The van der Waals surface area contributed by atoms with Crippen molar-refractivity contribution in [1.82, 2.24) is 0 Å². The maximum Gasteiger partial charge on any atom is 0.157 e. The van der Waals surface area contributed by atoms with Gasteiger partial charge < -0.3 is 14.6 Å². The van der Waals surface area contributed by atoms with E-state index in [-0.39, 0.29) is 6.29 Å². The molecule has 1 aliphatic heterocycles. The Morgan fingerprint density at radius 2 is 2.29 bits per heavy atom. The third-order valence-electron chi connectivity index (χ3n) is 2.04. The highest BCUT2D eigenvalue weighted by Gasteiger charge is 2.13. The van der Waals surface area contributed by atoms with Crippen molar-refractivity contribution in [2.45, 2.75) is 45.0 Å². The van der Waals surface area contributed by atoms with Crippen LogP contribution in [0.5, 0.6) is 0 Å². The van der Waals surface area contributed by atoms with Gasteiger partial charge in [0.1, 0.15) is 0 Å². The van der Waals surface area contributed by atoms with E-state index < -0.39 is 5.60 Å². The minimum absolute atomic E-state index is 0.0461. The summed E-state index contributed by atoms with van der Waals surface area (Å²) in [6.45, 7) is 4.79. The van der Waals surface area contributed by atoms with E-state index in [9.17, 15) is 5.11 Å². The predicted molar refractivity (Wildman–Crippen MR) is 55.0 cm³/mol. The highest BCUT2D eigenvalue weighted by atomic mass is 16.7. The Morgan fingerprint density at radius 1 is 1.50 bits per heavy atom. The van der Waals surface area contributed by atoms with E-state index >= 15 is 0 Å². The van der Waals surface area contributed by atoms with Gasteiger partial charge in [-0.15, -0.1) is 0 Å². The lowest BCUT2D eigenvalue weighted by molar-refractivity contribution is -0.155. The van der Waals surface area contributed by atoms with Gasteiger partial charge in [0.05, 0.1) is 12.2 Å². The van der Waals surface area contributed by atoms with Gasteiger partial charge in [0.15, 0.2) is 6.29 Å². The van der Waals surface area contributed by atoms with Crippen LogP contribution in [0.1, 0.15) is 33.1 Å². The van der Waals surface area contributed by atoms with Crippen LogP contribution in [0.25, 0.3) is 0 Å². The molecular weight excluding hydrogens is 180 g/mol. The molecule has 1 saturated heterocycles. The summed E-state index contributed by atoms with van der Waals surface area (Å²) in [6, 6.07) is 0. The first kappa shape index (κ1) is 11.7. The van der Waals surface area contributed by atoms with Crippen LogP contribution < -0.4 is 0 Å². The summed E-state index contributed by atoms with van der Waals surface area (Å²) in [7, 11) is 0. The summed E-state index contributed by atoms with van der Waals surface area (Å²) in [4.78, 5) is 0. The van der Waals surface area contributed by atoms with E-state index in [2.05, 4.69) is 0 Å². The fraction of sp³-hybridized carbons (Fsp3) is 0.818. The van der Waals surface area contributed by atoms with E-state index in [1.54, 1.807) is 19.9 Å². The molecule has 1 unspecified atom stereocenters. The average Bonchev–Trinajstić information content (AvgIpc) is 2.13. The summed E-state index contributed by atoms with van der Waals surface area (Å²) < 4.78 is 10.8. The number of aliphatic hydroxyl groups is 1. The molecule has 0 spiro atoms.